The van der Waals surface area contributed by atoms with Gasteiger partial charge in [-0.15, -0.1) is 0 Å². The van der Waals surface area contributed by atoms with Gasteiger partial charge in [0.05, 0.1) is 36.7 Å². The van der Waals surface area contributed by atoms with Crippen molar-refractivity contribution in [2.75, 3.05) is 19.7 Å². The number of piperidine rings is 1. The Balaban J connectivity index is 1.13. The molecule has 234 valence electrons. The fourth-order valence-electron chi connectivity index (χ4n) is 6.00. The predicted octanol–water partition coefficient (Wildman–Crippen LogP) is 6.02. The molecule has 0 saturated carbocycles. The highest BCUT2D eigenvalue weighted by Crippen LogP contribution is 2.38. The molecule has 6 rings (SSSR count). The Kier molecular flexibility index (Phi) is 8.17. The first-order chi connectivity index (χ1) is 22.0. The summed E-state index contributed by atoms with van der Waals surface area (Å²) in [5.41, 5.74) is 3.35. The third-order valence-corrected chi connectivity index (χ3v) is 8.42. The van der Waals surface area contributed by atoms with E-state index in [1.807, 2.05) is 52.0 Å². The summed E-state index contributed by atoms with van der Waals surface area (Å²) in [5, 5.41) is 9.36. The lowest BCUT2D eigenvalue weighted by molar-refractivity contribution is 0.0164. The SMILES string of the molecule is C[C@@H](c1cccc(-c2ncc(OCC3CCN(C(=O)OC(C)(C)C)CC3)cn2)c1)n1c2c(ccc1=O)-c1cc(C#N)ccc1C2=O. The molecule has 1 saturated heterocycles. The Labute approximate surface area is 267 Å². The summed E-state index contributed by atoms with van der Waals surface area (Å²) in [6.07, 6.45) is 4.68. The molecule has 4 aromatic rings. The van der Waals surface area contributed by atoms with Crippen molar-refractivity contribution >= 4 is 11.9 Å². The highest BCUT2D eigenvalue weighted by Gasteiger charge is 2.32. The van der Waals surface area contributed by atoms with Crippen molar-refractivity contribution in [2.45, 2.75) is 52.2 Å². The molecule has 1 aliphatic heterocycles. The van der Waals surface area contributed by atoms with Gasteiger partial charge in [0.2, 0.25) is 5.78 Å². The summed E-state index contributed by atoms with van der Waals surface area (Å²) < 4.78 is 13.0. The monoisotopic (exact) mass is 617 g/mol. The number of benzene rings is 2. The third-order valence-electron chi connectivity index (χ3n) is 8.42. The van der Waals surface area contributed by atoms with Gasteiger partial charge in [-0.25, -0.2) is 14.8 Å². The van der Waals surface area contributed by atoms with Crippen molar-refractivity contribution in [1.29, 1.82) is 5.26 Å². The molecule has 3 heterocycles. The van der Waals surface area contributed by atoms with Crippen LogP contribution >= 0.6 is 0 Å². The van der Waals surface area contributed by atoms with Crippen LogP contribution in [-0.4, -0.2) is 56.6 Å². The molecule has 10 heteroatoms. The normalized spacial score (nSPS) is 15.1. The van der Waals surface area contributed by atoms with Crippen LogP contribution in [0.2, 0.25) is 0 Å². The number of amides is 1. The number of nitriles is 1. The number of likely N-dealkylation sites (tertiary alicyclic amines) is 1. The van der Waals surface area contributed by atoms with Crippen LogP contribution in [-0.2, 0) is 4.74 Å². The van der Waals surface area contributed by atoms with Crippen molar-refractivity contribution < 1.29 is 19.1 Å². The van der Waals surface area contributed by atoms with Crippen LogP contribution < -0.4 is 10.3 Å². The van der Waals surface area contributed by atoms with Crippen LogP contribution in [0.4, 0.5) is 4.79 Å². The van der Waals surface area contributed by atoms with Crippen molar-refractivity contribution in [3.8, 4) is 34.3 Å². The Morgan fingerprint density at radius 1 is 1.00 bits per heavy atom. The van der Waals surface area contributed by atoms with Crippen molar-refractivity contribution in [3.63, 3.8) is 0 Å². The smallest absolute Gasteiger partial charge is 0.410 e. The highest BCUT2D eigenvalue weighted by atomic mass is 16.6. The number of hydrogen-bond acceptors (Lipinski definition) is 8. The molecule has 1 atom stereocenters. The van der Waals surface area contributed by atoms with E-state index in [-0.39, 0.29) is 17.4 Å². The Hall–Kier alpha value is -5.30. The van der Waals surface area contributed by atoms with Crippen LogP contribution in [0.1, 0.15) is 73.8 Å². The molecule has 2 aliphatic rings. The maximum Gasteiger partial charge on any atom is 0.410 e. The van der Waals surface area contributed by atoms with Gasteiger partial charge < -0.3 is 14.4 Å². The number of nitrogens with zero attached hydrogens (tertiary/aromatic N) is 5. The number of rotatable bonds is 6. The average Bonchev–Trinajstić information content (AvgIpc) is 3.33. The second kappa shape index (κ2) is 12.2. The zero-order valence-electron chi connectivity index (χ0n) is 26.3. The molecule has 0 unspecified atom stereocenters. The molecule has 0 bridgehead atoms. The van der Waals surface area contributed by atoms with Gasteiger partial charge in [0, 0.05) is 35.8 Å². The summed E-state index contributed by atoms with van der Waals surface area (Å²) in [6.45, 7) is 9.25. The van der Waals surface area contributed by atoms with Gasteiger partial charge in [-0.05, 0) is 87.9 Å². The largest absolute Gasteiger partial charge is 0.490 e. The average molecular weight is 618 g/mol. The number of pyridine rings is 1. The van der Waals surface area contributed by atoms with Crippen LogP contribution in [0.25, 0.3) is 22.5 Å². The highest BCUT2D eigenvalue weighted by molar-refractivity contribution is 6.20. The molecular weight excluding hydrogens is 582 g/mol. The molecule has 0 N–H and O–H groups in total. The molecule has 2 aromatic heterocycles. The van der Waals surface area contributed by atoms with Crippen LogP contribution in [0.15, 0.2) is 71.8 Å². The van der Waals surface area contributed by atoms with Gasteiger partial charge in [0.15, 0.2) is 11.6 Å². The van der Waals surface area contributed by atoms with E-state index in [1.54, 1.807) is 41.6 Å². The van der Waals surface area contributed by atoms with E-state index >= 15 is 0 Å². The summed E-state index contributed by atoms with van der Waals surface area (Å²) in [4.78, 5) is 49.8. The number of carbonyl (C=O) groups excluding carboxylic acids is 2. The van der Waals surface area contributed by atoms with Crippen LogP contribution in [0.3, 0.4) is 0 Å². The number of ketones is 1. The van der Waals surface area contributed by atoms with Gasteiger partial charge in [0.1, 0.15) is 11.3 Å². The second-order valence-corrected chi connectivity index (χ2v) is 12.8. The van der Waals surface area contributed by atoms with Gasteiger partial charge in [-0.3, -0.25) is 14.2 Å². The molecule has 46 heavy (non-hydrogen) atoms. The van der Waals surface area contributed by atoms with E-state index < -0.39 is 11.6 Å². The minimum atomic E-state index is -0.511. The van der Waals surface area contributed by atoms with Gasteiger partial charge in [-0.2, -0.15) is 5.26 Å². The van der Waals surface area contributed by atoms with E-state index in [0.29, 0.717) is 65.1 Å². The molecular formula is C36H35N5O5. The van der Waals surface area contributed by atoms with Crippen LogP contribution in [0, 0.1) is 17.2 Å². The Bertz CT molecular complexity index is 1910. The molecule has 0 radical (unpaired) electrons. The summed E-state index contributed by atoms with van der Waals surface area (Å²) in [6, 6.07) is 17.3. The van der Waals surface area contributed by atoms with Crippen molar-refractivity contribution in [3.05, 3.63) is 99.7 Å². The summed E-state index contributed by atoms with van der Waals surface area (Å²) >= 11 is 0. The third kappa shape index (κ3) is 6.13. The first-order valence-corrected chi connectivity index (χ1v) is 15.4. The summed E-state index contributed by atoms with van der Waals surface area (Å²) in [7, 11) is 0. The number of carbonyl (C=O) groups is 2. The van der Waals surface area contributed by atoms with Crippen molar-refractivity contribution in [2.24, 2.45) is 5.92 Å². The van der Waals surface area contributed by atoms with Crippen LogP contribution in [0.5, 0.6) is 5.75 Å². The minimum absolute atomic E-state index is 0.234. The molecule has 1 amide bonds. The molecule has 1 aliphatic carbocycles. The summed E-state index contributed by atoms with van der Waals surface area (Å²) in [5.74, 6) is 1.15. The predicted molar refractivity (Wildman–Crippen MR) is 172 cm³/mol. The number of fused-ring (bicyclic) bond motifs is 3. The number of ether oxygens (including phenoxy) is 2. The van der Waals surface area contributed by atoms with E-state index in [9.17, 15) is 19.6 Å². The quantitative estimate of drug-likeness (QED) is 0.226. The van der Waals surface area contributed by atoms with Gasteiger partial charge >= 0.3 is 6.09 Å². The topological polar surface area (TPSA) is 127 Å². The minimum Gasteiger partial charge on any atom is -0.490 e. The van der Waals surface area contributed by atoms with Gasteiger partial charge in [0.25, 0.3) is 5.56 Å². The first-order valence-electron chi connectivity index (χ1n) is 15.4. The molecule has 1 fully saturated rings. The number of hydrogen-bond donors (Lipinski definition) is 0. The Morgan fingerprint density at radius 3 is 2.41 bits per heavy atom. The lowest BCUT2D eigenvalue weighted by Gasteiger charge is -2.33. The first kappa shape index (κ1) is 30.7. The van der Waals surface area contributed by atoms with Gasteiger partial charge in [-0.1, -0.05) is 18.2 Å². The zero-order valence-corrected chi connectivity index (χ0v) is 26.3. The molecule has 10 nitrogen and oxygen atoms in total. The standard InChI is InChI=1S/C36H35N5O5/c1-22(41-31(42)11-10-28-30-16-24(18-37)8-9-29(30)33(43)32(28)41)25-6-5-7-26(17-25)34-38-19-27(20-39-34)45-21-23-12-14-40(15-13-23)35(44)46-36(2,3)4/h5-11,16-17,19-20,22-23H,12-15,21H2,1-4H3/t22-/m0/s1. The molecule has 2 aromatic carbocycles. The van der Waals surface area contributed by atoms with E-state index in [2.05, 4.69) is 16.0 Å². The maximum atomic E-state index is 13.5. The second-order valence-electron chi connectivity index (χ2n) is 12.8. The zero-order chi connectivity index (χ0) is 32.6. The lowest BCUT2D eigenvalue weighted by atomic mass is 9.98. The fourth-order valence-corrected chi connectivity index (χ4v) is 6.00. The lowest BCUT2D eigenvalue weighted by Crippen LogP contribution is -2.42. The van der Waals surface area contributed by atoms with Crippen molar-refractivity contribution in [1.82, 2.24) is 19.4 Å². The van der Waals surface area contributed by atoms with E-state index in [1.165, 1.54) is 10.6 Å². The number of aromatic nitrogens is 3. The van der Waals surface area contributed by atoms with E-state index in [4.69, 9.17) is 9.47 Å². The van der Waals surface area contributed by atoms with E-state index in [0.717, 1.165) is 24.0 Å². The maximum absolute atomic E-state index is 13.5. The Morgan fingerprint density at radius 2 is 1.72 bits per heavy atom. The fraction of sp³-hybridized carbons (Fsp3) is 0.333. The molecule has 0 spiro atoms.